The fourth-order valence-electron chi connectivity index (χ4n) is 4.89. The van der Waals surface area contributed by atoms with Gasteiger partial charge in [-0.3, -0.25) is 0 Å². The van der Waals surface area contributed by atoms with Crippen LogP contribution in [-0.4, -0.2) is 74.8 Å². The van der Waals surface area contributed by atoms with Crippen molar-refractivity contribution in [2.45, 2.75) is 163 Å². The molecule has 38 heavy (non-hydrogen) atoms. The molecule has 0 spiro atoms. The second kappa shape index (κ2) is 12.9. The molecule has 2 atom stereocenters. The topological polar surface area (TPSA) is 68.3 Å². The zero-order valence-electron chi connectivity index (χ0n) is 27.3. The van der Waals surface area contributed by atoms with Gasteiger partial charge in [-0.2, -0.15) is 0 Å². The van der Waals surface area contributed by atoms with Crippen molar-refractivity contribution in [3.05, 3.63) is 11.0 Å². The van der Waals surface area contributed by atoms with Crippen LogP contribution in [0.5, 0.6) is 0 Å². The number of rotatable bonds is 9. The molecule has 7 nitrogen and oxygen atoms in total. The summed E-state index contributed by atoms with van der Waals surface area (Å²) in [6.45, 7) is 33.7. The summed E-state index contributed by atoms with van der Waals surface area (Å²) < 4.78 is 19.5. The van der Waals surface area contributed by atoms with Crippen molar-refractivity contribution in [2.24, 2.45) is 0 Å². The van der Waals surface area contributed by atoms with Crippen LogP contribution in [0.3, 0.4) is 0 Å². The molecule has 0 saturated heterocycles. The minimum absolute atomic E-state index is 0.00231. The maximum absolute atomic E-state index is 13.6. The molecule has 0 aromatic carbocycles. The summed E-state index contributed by atoms with van der Waals surface area (Å²) in [6, 6.07) is 0.0149. The van der Waals surface area contributed by atoms with Gasteiger partial charge in [0, 0.05) is 29.7 Å². The molecule has 1 aliphatic carbocycles. The molecule has 1 rings (SSSR count). The molecule has 222 valence electrons. The van der Waals surface area contributed by atoms with E-state index in [0.717, 1.165) is 12.0 Å². The first-order chi connectivity index (χ1) is 17.0. The largest absolute Gasteiger partial charge is 0.441 e. The van der Waals surface area contributed by atoms with Crippen molar-refractivity contribution in [3.8, 4) is 0 Å². The number of amides is 2. The number of ether oxygens (including phenoxy) is 2. The normalized spacial score (nSPS) is 20.4. The molecule has 2 amide bonds. The monoisotopic (exact) mass is 570 g/mol. The van der Waals surface area contributed by atoms with Gasteiger partial charge in [0.05, 0.1) is 11.5 Å². The van der Waals surface area contributed by atoms with Crippen LogP contribution in [0, 0.1) is 0 Å². The maximum Gasteiger partial charge on any atom is 0.414 e. The van der Waals surface area contributed by atoms with Gasteiger partial charge in [-0.05, 0) is 86.4 Å². The van der Waals surface area contributed by atoms with Crippen LogP contribution < -0.4 is 0 Å². The van der Waals surface area contributed by atoms with Crippen LogP contribution in [0.1, 0.15) is 89.0 Å². The zero-order valence-corrected chi connectivity index (χ0v) is 29.3. The summed E-state index contributed by atoms with van der Waals surface area (Å²) in [5.74, 6) is 0. The molecule has 1 aliphatic rings. The van der Waals surface area contributed by atoms with E-state index in [-0.39, 0.29) is 47.5 Å². The van der Waals surface area contributed by atoms with Gasteiger partial charge in [0.15, 0.2) is 8.32 Å². The Morgan fingerprint density at radius 1 is 0.737 bits per heavy atom. The smallest absolute Gasteiger partial charge is 0.414 e. The Bertz CT molecular complexity index is 838. The van der Waals surface area contributed by atoms with Crippen molar-refractivity contribution in [1.29, 1.82) is 0 Å². The highest BCUT2D eigenvalue weighted by atomic mass is 28.4. The lowest BCUT2D eigenvalue weighted by molar-refractivity contribution is 0.0560. The zero-order chi connectivity index (χ0) is 30.0. The first-order valence-corrected chi connectivity index (χ1v) is 20.8. The molecular weight excluding hydrogens is 513 g/mol. The SMILES string of the molecule is CC(C)N(C(=O)O/C(=C1/[C@H](OC(=O)N(C(C)C)C(C)C)CC[C@H]1O[Si](C)(C)C(C)(C)C)[Si](C)(C)C)C(C)C. The standard InChI is InChI=1S/C29H58N2O5Si2/c1-19(2)30(20(3)4)27(32)34-23-17-18-24(36-38(15,16)29(9,10)11)25(23)26(37(12,13)14)35-28(33)31(21(5)6)22(7)8/h19-24H,17-18H2,1-16H3/b26-25+/t23-,24-/m1/s1. The van der Waals surface area contributed by atoms with E-state index in [9.17, 15) is 9.59 Å². The van der Waals surface area contributed by atoms with Gasteiger partial charge in [0.2, 0.25) is 0 Å². The predicted octanol–water partition coefficient (Wildman–Crippen LogP) is 8.18. The molecule has 0 radical (unpaired) electrons. The lowest BCUT2D eigenvalue weighted by Crippen LogP contribution is -2.47. The van der Waals surface area contributed by atoms with E-state index in [1.165, 1.54) is 0 Å². The quantitative estimate of drug-likeness (QED) is 0.206. The molecule has 0 aromatic heterocycles. The van der Waals surface area contributed by atoms with E-state index < -0.39 is 22.5 Å². The molecule has 0 aliphatic heterocycles. The summed E-state index contributed by atoms with van der Waals surface area (Å²) in [5.41, 5.74) is 0.857. The van der Waals surface area contributed by atoms with Crippen LogP contribution in [0.2, 0.25) is 37.8 Å². The second-order valence-corrected chi connectivity index (χ2v) is 24.1. The summed E-state index contributed by atoms with van der Waals surface area (Å²) in [6.07, 6.45) is -0.0489. The minimum Gasteiger partial charge on any atom is -0.441 e. The average molecular weight is 571 g/mol. The highest BCUT2D eigenvalue weighted by molar-refractivity contribution is 6.82. The number of carbonyl (C=O) groups is 2. The van der Waals surface area contributed by atoms with E-state index in [0.29, 0.717) is 11.8 Å². The van der Waals surface area contributed by atoms with E-state index >= 15 is 0 Å². The highest BCUT2D eigenvalue weighted by Crippen LogP contribution is 2.43. The third-order valence-electron chi connectivity index (χ3n) is 7.65. The molecule has 0 heterocycles. The first kappa shape index (κ1) is 34.7. The van der Waals surface area contributed by atoms with Crippen molar-refractivity contribution in [1.82, 2.24) is 9.80 Å². The third kappa shape index (κ3) is 8.59. The fourth-order valence-corrected chi connectivity index (χ4v) is 7.79. The summed E-state index contributed by atoms with van der Waals surface area (Å²) in [5, 5.41) is 0.703. The third-order valence-corrected chi connectivity index (χ3v) is 13.9. The lowest BCUT2D eigenvalue weighted by atomic mass is 10.2. The Morgan fingerprint density at radius 3 is 1.50 bits per heavy atom. The van der Waals surface area contributed by atoms with Gasteiger partial charge in [0.1, 0.15) is 14.2 Å². The van der Waals surface area contributed by atoms with E-state index in [4.69, 9.17) is 13.9 Å². The number of hydrogen-bond acceptors (Lipinski definition) is 5. The summed E-state index contributed by atoms with van der Waals surface area (Å²) in [4.78, 5) is 30.5. The Morgan fingerprint density at radius 2 is 1.13 bits per heavy atom. The Balaban J connectivity index is 3.70. The van der Waals surface area contributed by atoms with Gasteiger partial charge in [-0.1, -0.05) is 40.4 Å². The Hall–Kier alpha value is -1.33. The average Bonchev–Trinajstić information content (AvgIpc) is 3.03. The van der Waals surface area contributed by atoms with Crippen LogP contribution in [-0.2, 0) is 13.9 Å². The molecule has 0 aromatic rings. The van der Waals surface area contributed by atoms with E-state index in [1.54, 1.807) is 9.80 Å². The van der Waals surface area contributed by atoms with Crippen molar-refractivity contribution < 1.29 is 23.5 Å². The summed E-state index contributed by atoms with van der Waals surface area (Å²) >= 11 is 0. The van der Waals surface area contributed by atoms with Crippen LogP contribution >= 0.6 is 0 Å². The molecule has 0 unspecified atom stereocenters. The predicted molar refractivity (Wildman–Crippen MR) is 163 cm³/mol. The van der Waals surface area contributed by atoms with Crippen LogP contribution in [0.25, 0.3) is 0 Å². The van der Waals surface area contributed by atoms with E-state index in [2.05, 4.69) is 53.5 Å². The van der Waals surface area contributed by atoms with Gasteiger partial charge in [-0.15, -0.1) is 0 Å². The van der Waals surface area contributed by atoms with Gasteiger partial charge < -0.3 is 23.7 Å². The number of nitrogens with zero attached hydrogens (tertiary/aromatic N) is 2. The highest BCUT2D eigenvalue weighted by Gasteiger charge is 2.47. The molecular formula is C29H58N2O5Si2. The van der Waals surface area contributed by atoms with Crippen molar-refractivity contribution >= 4 is 28.6 Å². The molecule has 9 heteroatoms. The number of carbonyl (C=O) groups excluding carboxylic acids is 2. The lowest BCUT2D eigenvalue weighted by Gasteiger charge is -2.40. The maximum atomic E-state index is 13.6. The Kier molecular flexibility index (Phi) is 11.8. The molecule has 1 fully saturated rings. The fraction of sp³-hybridized carbons (Fsp3) is 0.862. The number of hydrogen-bond donors (Lipinski definition) is 0. The van der Waals surface area contributed by atoms with Gasteiger partial charge in [0.25, 0.3) is 0 Å². The van der Waals surface area contributed by atoms with Crippen molar-refractivity contribution in [2.75, 3.05) is 0 Å². The van der Waals surface area contributed by atoms with Gasteiger partial charge in [-0.25, -0.2) is 9.59 Å². The van der Waals surface area contributed by atoms with E-state index in [1.807, 2.05) is 55.4 Å². The first-order valence-electron chi connectivity index (χ1n) is 14.4. The summed E-state index contributed by atoms with van der Waals surface area (Å²) in [7, 11) is -4.38. The Labute approximate surface area is 235 Å². The van der Waals surface area contributed by atoms with Crippen LogP contribution in [0.15, 0.2) is 11.0 Å². The van der Waals surface area contributed by atoms with Gasteiger partial charge >= 0.3 is 12.2 Å². The molecule has 0 N–H and O–H groups in total. The molecule has 0 bridgehead atoms. The minimum atomic E-state index is -2.22. The molecule has 1 saturated carbocycles. The van der Waals surface area contributed by atoms with Crippen molar-refractivity contribution in [3.63, 3.8) is 0 Å². The van der Waals surface area contributed by atoms with Crippen LogP contribution in [0.4, 0.5) is 9.59 Å². The second-order valence-electron chi connectivity index (χ2n) is 14.4.